The molecule has 0 aliphatic rings. The van der Waals surface area contributed by atoms with E-state index in [4.69, 9.17) is 9.15 Å². The molecule has 1 aromatic carbocycles. The number of carboxylic acids is 1. The molecule has 7 nitrogen and oxygen atoms in total. The monoisotopic (exact) mass is 509 g/mol. The molecule has 1 aromatic heterocycles. The van der Waals surface area contributed by atoms with E-state index < -0.39 is 10.7 Å². The normalized spacial score (nSPS) is 12.8. The number of ether oxygens (including phenoxy) is 1. The van der Waals surface area contributed by atoms with Crippen molar-refractivity contribution >= 4 is 17.7 Å². The lowest BCUT2D eigenvalue weighted by Gasteiger charge is -2.22. The van der Waals surface area contributed by atoms with Crippen molar-refractivity contribution in [3.05, 3.63) is 103 Å². The summed E-state index contributed by atoms with van der Waals surface area (Å²) in [4.78, 5) is 14.5. The number of aliphatic carboxylic acids is 1. The summed E-state index contributed by atoms with van der Waals surface area (Å²) in [6, 6.07) is 7.88. The van der Waals surface area contributed by atoms with E-state index >= 15 is 0 Å². The van der Waals surface area contributed by atoms with Gasteiger partial charge in [0.15, 0.2) is 0 Å². The first-order valence-electron chi connectivity index (χ1n) is 11.6. The molecular formula is C28H35N3O4S. The van der Waals surface area contributed by atoms with Gasteiger partial charge in [-0.1, -0.05) is 55.7 Å². The Morgan fingerprint density at radius 3 is 2.44 bits per heavy atom. The van der Waals surface area contributed by atoms with Crippen molar-refractivity contribution in [2.75, 3.05) is 13.7 Å². The number of carboxylic acid groups (broad SMARTS) is 1. The van der Waals surface area contributed by atoms with Crippen LogP contribution in [0.5, 0.6) is 0 Å². The maximum Gasteiger partial charge on any atom is 0.319 e. The van der Waals surface area contributed by atoms with Crippen LogP contribution in [0, 0.1) is 0 Å². The number of hydrogen-bond donors (Lipinski definition) is 1. The van der Waals surface area contributed by atoms with E-state index in [1.807, 2.05) is 55.5 Å². The third kappa shape index (κ3) is 9.36. The van der Waals surface area contributed by atoms with E-state index in [2.05, 4.69) is 28.3 Å². The van der Waals surface area contributed by atoms with Gasteiger partial charge < -0.3 is 14.3 Å². The molecule has 0 unspecified atom stereocenters. The number of thioether (sulfide) groups is 1. The molecule has 1 heterocycles. The van der Waals surface area contributed by atoms with Crippen LogP contribution in [-0.4, -0.2) is 44.6 Å². The van der Waals surface area contributed by atoms with Gasteiger partial charge in [-0.3, -0.25) is 9.69 Å². The molecule has 0 amide bonds. The Morgan fingerprint density at radius 1 is 1.17 bits per heavy atom. The predicted molar refractivity (Wildman–Crippen MR) is 145 cm³/mol. The largest absolute Gasteiger partial charge is 0.500 e. The van der Waals surface area contributed by atoms with Crippen LogP contribution in [0.3, 0.4) is 0 Å². The second kappa shape index (κ2) is 14.3. The van der Waals surface area contributed by atoms with Crippen LogP contribution in [0.2, 0.25) is 0 Å². The van der Waals surface area contributed by atoms with Crippen molar-refractivity contribution in [1.29, 1.82) is 0 Å². The summed E-state index contributed by atoms with van der Waals surface area (Å²) < 4.78 is 10.5. The molecule has 0 aliphatic carbocycles. The maximum absolute atomic E-state index is 11.4. The van der Waals surface area contributed by atoms with Crippen LogP contribution in [0.1, 0.15) is 38.1 Å². The van der Waals surface area contributed by atoms with Crippen LogP contribution in [0.25, 0.3) is 0 Å². The first-order valence-corrected chi connectivity index (χ1v) is 12.4. The Morgan fingerprint density at radius 2 is 1.86 bits per heavy atom. The molecule has 0 aliphatic heterocycles. The number of allylic oxidation sites excluding steroid dienone is 7. The highest BCUT2D eigenvalue weighted by molar-refractivity contribution is 8.01. The Labute approximate surface area is 217 Å². The Bertz CT molecular complexity index is 1110. The minimum absolute atomic E-state index is 0.426. The molecule has 0 fully saturated rings. The van der Waals surface area contributed by atoms with Crippen LogP contribution in [0.15, 0.2) is 94.5 Å². The highest BCUT2D eigenvalue weighted by Gasteiger charge is 2.28. The number of rotatable bonds is 15. The van der Waals surface area contributed by atoms with Crippen LogP contribution >= 0.6 is 11.8 Å². The standard InChI is InChI=1S/C28H35N3O4S/c1-7-10-12-21(9-3)17-25-29-30-26(35-25)20-31(19-23(34-6)11-8-2)18-22-13-15-24(16-14-22)36-28(4,5)27(32)33/h7-16H,2-3,17-20H2,1,4-6H3,(H,32,33)/b10-7-,21-12+,23-11-. The average Bonchev–Trinajstić information content (AvgIpc) is 3.28. The molecule has 36 heavy (non-hydrogen) atoms. The summed E-state index contributed by atoms with van der Waals surface area (Å²) in [5.41, 5.74) is 2.05. The third-order valence-corrected chi connectivity index (χ3v) is 6.34. The molecule has 0 saturated heterocycles. The maximum atomic E-state index is 11.4. The second-order valence-electron chi connectivity index (χ2n) is 8.52. The third-order valence-electron chi connectivity index (χ3n) is 5.15. The summed E-state index contributed by atoms with van der Waals surface area (Å²) in [7, 11) is 1.63. The number of carbonyl (C=O) groups is 1. The van der Waals surface area contributed by atoms with Crippen molar-refractivity contribution in [1.82, 2.24) is 15.1 Å². The topological polar surface area (TPSA) is 88.7 Å². The lowest BCUT2D eigenvalue weighted by Crippen LogP contribution is -2.27. The number of hydrogen-bond acceptors (Lipinski definition) is 7. The van der Waals surface area contributed by atoms with Gasteiger partial charge in [-0.05, 0) is 50.1 Å². The van der Waals surface area contributed by atoms with E-state index in [1.165, 1.54) is 11.8 Å². The number of benzene rings is 1. The van der Waals surface area contributed by atoms with Gasteiger partial charge in [-0.2, -0.15) is 0 Å². The van der Waals surface area contributed by atoms with E-state index in [0.29, 0.717) is 37.8 Å². The van der Waals surface area contributed by atoms with Crippen molar-refractivity contribution in [2.45, 2.75) is 49.9 Å². The minimum Gasteiger partial charge on any atom is -0.500 e. The fourth-order valence-electron chi connectivity index (χ4n) is 3.17. The fraction of sp³-hybridized carbons (Fsp3) is 0.321. The zero-order valence-corrected chi connectivity index (χ0v) is 22.3. The molecule has 192 valence electrons. The molecule has 0 spiro atoms. The first kappa shape index (κ1) is 28.9. The quantitative estimate of drug-likeness (QED) is 0.178. The number of aromatic nitrogens is 2. The number of nitrogens with zero attached hydrogens (tertiary/aromatic N) is 3. The molecule has 8 heteroatoms. The Kier molecular flexibility index (Phi) is 11.4. The molecule has 0 saturated carbocycles. The predicted octanol–water partition coefficient (Wildman–Crippen LogP) is 5.97. The summed E-state index contributed by atoms with van der Waals surface area (Å²) in [5.74, 6) is 0.934. The SMILES string of the molecule is C=C/C=C(/CN(Cc1ccc(SC(C)(C)C(=O)O)cc1)Cc1nnc(C/C(C=C)=C/C=C\C)o1)OC. The molecule has 0 radical (unpaired) electrons. The van der Waals surface area contributed by atoms with Crippen LogP contribution in [0.4, 0.5) is 0 Å². The second-order valence-corrected chi connectivity index (χ2v) is 10.2. The van der Waals surface area contributed by atoms with Gasteiger partial charge in [-0.15, -0.1) is 22.0 Å². The molecular weight excluding hydrogens is 474 g/mol. The van der Waals surface area contributed by atoms with Crippen LogP contribution in [-0.2, 0) is 29.0 Å². The highest BCUT2D eigenvalue weighted by atomic mass is 32.2. The Hall–Kier alpha value is -3.36. The van der Waals surface area contributed by atoms with E-state index in [0.717, 1.165) is 21.8 Å². The van der Waals surface area contributed by atoms with Crippen molar-refractivity contribution < 1.29 is 19.1 Å². The van der Waals surface area contributed by atoms with Gasteiger partial charge in [0, 0.05) is 11.4 Å². The van der Waals surface area contributed by atoms with Crippen LogP contribution < -0.4 is 0 Å². The number of methoxy groups -OCH3 is 1. The minimum atomic E-state index is -0.903. The van der Waals surface area contributed by atoms with E-state index in [-0.39, 0.29) is 0 Å². The van der Waals surface area contributed by atoms with Gasteiger partial charge in [0.05, 0.1) is 26.6 Å². The summed E-state index contributed by atoms with van der Waals surface area (Å²) in [6.45, 7) is 14.5. The van der Waals surface area contributed by atoms with Crippen molar-refractivity contribution in [3.63, 3.8) is 0 Å². The molecule has 2 aromatic rings. The van der Waals surface area contributed by atoms with Gasteiger partial charge in [-0.25, -0.2) is 0 Å². The summed E-state index contributed by atoms with van der Waals surface area (Å²) in [5, 5.41) is 17.8. The van der Waals surface area contributed by atoms with Crippen molar-refractivity contribution in [3.8, 4) is 0 Å². The van der Waals surface area contributed by atoms with Gasteiger partial charge in [0.1, 0.15) is 10.5 Å². The molecule has 0 bridgehead atoms. The molecule has 1 N–H and O–H groups in total. The fourth-order valence-corrected chi connectivity index (χ4v) is 4.12. The first-order chi connectivity index (χ1) is 17.2. The summed E-state index contributed by atoms with van der Waals surface area (Å²) in [6.07, 6.45) is 11.7. The summed E-state index contributed by atoms with van der Waals surface area (Å²) >= 11 is 1.32. The van der Waals surface area contributed by atoms with E-state index in [1.54, 1.807) is 33.1 Å². The lowest BCUT2D eigenvalue weighted by atomic mass is 10.1. The Balaban J connectivity index is 2.18. The average molecular weight is 510 g/mol. The zero-order valence-electron chi connectivity index (χ0n) is 21.4. The smallest absolute Gasteiger partial charge is 0.319 e. The van der Waals surface area contributed by atoms with Gasteiger partial charge in [0.25, 0.3) is 0 Å². The molecule has 0 atom stereocenters. The van der Waals surface area contributed by atoms with E-state index in [9.17, 15) is 9.90 Å². The highest BCUT2D eigenvalue weighted by Crippen LogP contribution is 2.32. The van der Waals surface area contributed by atoms with Gasteiger partial charge >= 0.3 is 5.97 Å². The lowest BCUT2D eigenvalue weighted by molar-refractivity contribution is -0.138. The molecule has 2 rings (SSSR count). The van der Waals surface area contributed by atoms with Crippen molar-refractivity contribution in [2.24, 2.45) is 0 Å². The van der Waals surface area contributed by atoms with Gasteiger partial charge in [0.2, 0.25) is 11.8 Å². The zero-order chi connectivity index (χ0) is 26.6.